The molecule has 0 bridgehead atoms. The van der Waals surface area contributed by atoms with Gasteiger partial charge in [0.05, 0.1) is 19.3 Å². The molecule has 0 aromatic rings. The Labute approximate surface area is 53.4 Å². The lowest BCUT2D eigenvalue weighted by Crippen LogP contribution is -2.19. The molecule has 0 saturated carbocycles. The molecule has 5 heteroatoms. The second-order valence-corrected chi connectivity index (χ2v) is 1.53. The topological polar surface area (TPSA) is 49.7 Å². The van der Waals surface area contributed by atoms with Crippen LogP contribution in [0.4, 0.5) is 0 Å². The van der Waals surface area contributed by atoms with Gasteiger partial charge in [0.1, 0.15) is 0 Å². The van der Waals surface area contributed by atoms with Crippen LogP contribution in [0, 0.1) is 0 Å². The van der Waals surface area contributed by atoms with Gasteiger partial charge in [0.2, 0.25) is 0 Å². The first-order valence-electron chi connectivity index (χ1n) is 2.24. The van der Waals surface area contributed by atoms with E-state index in [2.05, 4.69) is 4.65 Å². The van der Waals surface area contributed by atoms with Crippen LogP contribution < -0.4 is 0 Å². The maximum Gasteiger partial charge on any atom is 0.380 e. The summed E-state index contributed by atoms with van der Waals surface area (Å²) in [5.74, 6) is 0. The lowest BCUT2D eigenvalue weighted by molar-refractivity contribution is 0.0559. The van der Waals surface area contributed by atoms with Gasteiger partial charge in [-0.3, -0.25) is 0 Å². The summed E-state index contributed by atoms with van der Waals surface area (Å²) in [6, 6.07) is 0. The highest BCUT2D eigenvalue weighted by atomic mass is 35.5. The van der Waals surface area contributed by atoms with Crippen molar-refractivity contribution in [2.45, 2.75) is 6.10 Å². The van der Waals surface area contributed by atoms with Crippen molar-refractivity contribution in [2.75, 3.05) is 13.2 Å². The van der Waals surface area contributed by atoms with E-state index in [1.54, 1.807) is 0 Å². The molecule has 3 nitrogen and oxygen atoms in total. The fourth-order valence-corrected chi connectivity index (χ4v) is 0.322. The van der Waals surface area contributed by atoms with Gasteiger partial charge in [-0.2, -0.15) is 11.5 Å². The zero-order chi connectivity index (χ0) is 6.41. The van der Waals surface area contributed by atoms with Gasteiger partial charge in [-0.1, -0.05) is 0 Å². The second-order valence-electron chi connectivity index (χ2n) is 1.32. The van der Waals surface area contributed by atoms with E-state index >= 15 is 0 Å². The molecule has 0 aromatic carbocycles. The van der Waals surface area contributed by atoms with E-state index < -0.39 is 6.10 Å². The number of hydrogen-bond acceptors (Lipinski definition) is 3. The quantitative estimate of drug-likeness (QED) is 0.483. The van der Waals surface area contributed by atoms with Gasteiger partial charge in [0, 0.05) is 0 Å². The van der Waals surface area contributed by atoms with Gasteiger partial charge >= 0.3 is 6.90 Å². The van der Waals surface area contributed by atoms with Crippen LogP contribution >= 0.6 is 11.5 Å². The predicted octanol–water partition coefficient (Wildman–Crippen LogP) is -1.14. The molecule has 48 valence electrons. The molecule has 0 heterocycles. The Morgan fingerprint density at radius 2 is 2.38 bits per heavy atom. The van der Waals surface area contributed by atoms with Crippen LogP contribution in [0.5, 0.6) is 0 Å². The normalized spacial score (nSPS) is 13.4. The summed E-state index contributed by atoms with van der Waals surface area (Å²) in [6.45, 7) is -0.131. The fraction of sp³-hybridized carbons (Fsp3) is 1.00. The van der Waals surface area contributed by atoms with Crippen molar-refractivity contribution < 1.29 is 14.9 Å². The van der Waals surface area contributed by atoms with Crippen molar-refractivity contribution in [2.24, 2.45) is 0 Å². The summed E-state index contributed by atoms with van der Waals surface area (Å²) in [5.41, 5.74) is 0. The Morgan fingerprint density at radius 3 is 2.75 bits per heavy atom. The molecule has 0 spiro atoms. The molecule has 8 heavy (non-hydrogen) atoms. The summed E-state index contributed by atoms with van der Waals surface area (Å²) in [4.78, 5) is 0. The highest BCUT2D eigenvalue weighted by molar-refractivity contribution is 6.89. The first-order chi connectivity index (χ1) is 3.81. The molecule has 1 unspecified atom stereocenters. The van der Waals surface area contributed by atoms with Crippen molar-refractivity contribution >= 4 is 18.4 Å². The van der Waals surface area contributed by atoms with E-state index in [9.17, 15) is 0 Å². The SMILES string of the molecule is OCC(O)COBCl. The van der Waals surface area contributed by atoms with Crippen LogP contribution in [0.2, 0.25) is 0 Å². The molecular formula is C3H8BClO3. The third-order valence-electron chi connectivity index (χ3n) is 0.598. The van der Waals surface area contributed by atoms with Crippen molar-refractivity contribution in [3.8, 4) is 0 Å². The minimum absolute atomic E-state index is 0.0526. The Morgan fingerprint density at radius 1 is 1.75 bits per heavy atom. The molecule has 0 aromatic heterocycles. The minimum Gasteiger partial charge on any atom is -0.422 e. The smallest absolute Gasteiger partial charge is 0.380 e. The van der Waals surface area contributed by atoms with Crippen LogP contribution in [0.1, 0.15) is 0 Å². The largest absolute Gasteiger partial charge is 0.422 e. The summed E-state index contributed by atoms with van der Waals surface area (Å²) >= 11 is 5.09. The van der Waals surface area contributed by atoms with Crippen molar-refractivity contribution in [1.29, 1.82) is 0 Å². The average molecular weight is 138 g/mol. The first-order valence-corrected chi connectivity index (χ1v) is 2.77. The zero-order valence-corrected chi connectivity index (χ0v) is 5.14. The lowest BCUT2D eigenvalue weighted by Gasteiger charge is -2.03. The summed E-state index contributed by atoms with van der Waals surface area (Å²) < 4.78 is 4.54. The second kappa shape index (κ2) is 5.37. The van der Waals surface area contributed by atoms with Crippen molar-refractivity contribution in [3.05, 3.63) is 0 Å². The van der Waals surface area contributed by atoms with Crippen LogP contribution in [-0.4, -0.2) is 36.4 Å². The molecule has 0 rings (SSSR count). The van der Waals surface area contributed by atoms with Crippen molar-refractivity contribution in [3.63, 3.8) is 0 Å². The molecule has 0 saturated heterocycles. The van der Waals surface area contributed by atoms with Gasteiger partial charge in [-0.05, 0) is 0 Å². The molecule has 0 aliphatic rings. The Bertz CT molecular complexity index is 53.8. The van der Waals surface area contributed by atoms with E-state index in [1.807, 2.05) is 0 Å². The number of aliphatic hydroxyl groups excluding tert-OH is 2. The monoisotopic (exact) mass is 138 g/mol. The maximum absolute atomic E-state index is 8.56. The van der Waals surface area contributed by atoms with E-state index in [-0.39, 0.29) is 20.1 Å². The van der Waals surface area contributed by atoms with E-state index in [1.165, 1.54) is 0 Å². The molecule has 0 aliphatic carbocycles. The Balaban J connectivity index is 2.86. The summed E-state index contributed by atoms with van der Waals surface area (Å²) in [7, 11) is 0. The standard InChI is InChI=1S/C3H8BClO3/c5-4-8-2-3(7)1-6/h3-4,6-7H,1-2H2. The molecule has 0 amide bonds. The maximum atomic E-state index is 8.56. The van der Waals surface area contributed by atoms with Crippen LogP contribution in [0.15, 0.2) is 0 Å². The highest BCUT2D eigenvalue weighted by Gasteiger charge is 1.99. The van der Waals surface area contributed by atoms with Crippen LogP contribution in [0.3, 0.4) is 0 Å². The fourth-order valence-electron chi connectivity index (χ4n) is 0.233. The summed E-state index contributed by atoms with van der Waals surface area (Å²) in [5, 5.41) is 16.7. The van der Waals surface area contributed by atoms with Gasteiger partial charge in [0.15, 0.2) is 0 Å². The van der Waals surface area contributed by atoms with E-state index in [0.29, 0.717) is 0 Å². The predicted molar refractivity (Wildman–Crippen MR) is 32.0 cm³/mol. The zero-order valence-electron chi connectivity index (χ0n) is 4.38. The third kappa shape index (κ3) is 4.40. The molecule has 0 fully saturated rings. The average Bonchev–Trinajstić information content (AvgIpc) is 1.83. The van der Waals surface area contributed by atoms with Crippen molar-refractivity contribution in [1.82, 2.24) is 0 Å². The first kappa shape index (κ1) is 8.23. The molecular weight excluding hydrogens is 130 g/mol. The van der Waals surface area contributed by atoms with Gasteiger partial charge in [-0.25, -0.2) is 0 Å². The van der Waals surface area contributed by atoms with Gasteiger partial charge in [-0.15, -0.1) is 0 Å². The molecule has 0 aliphatic heterocycles. The van der Waals surface area contributed by atoms with E-state index in [0.717, 1.165) is 0 Å². The lowest BCUT2D eigenvalue weighted by atomic mass is 10.4. The minimum atomic E-state index is -0.797. The third-order valence-corrected chi connectivity index (χ3v) is 0.752. The Kier molecular flexibility index (Phi) is 5.53. The molecule has 1 atom stereocenters. The Hall–Kier alpha value is 0.235. The van der Waals surface area contributed by atoms with E-state index in [4.69, 9.17) is 21.7 Å². The van der Waals surface area contributed by atoms with Crippen LogP contribution in [-0.2, 0) is 4.65 Å². The van der Waals surface area contributed by atoms with Gasteiger partial charge < -0.3 is 14.9 Å². The molecule has 0 radical (unpaired) electrons. The number of hydrogen-bond donors (Lipinski definition) is 2. The summed E-state index contributed by atoms with van der Waals surface area (Å²) in [6.07, 6.45) is -0.797. The molecule has 2 N–H and O–H groups in total. The number of rotatable bonds is 4. The highest BCUT2D eigenvalue weighted by Crippen LogP contribution is 1.82. The number of halogens is 1. The number of aliphatic hydroxyl groups is 2. The van der Waals surface area contributed by atoms with Gasteiger partial charge in [0.25, 0.3) is 0 Å². The van der Waals surface area contributed by atoms with Crippen LogP contribution in [0.25, 0.3) is 0 Å².